The molecule has 0 unspecified atom stereocenters. The van der Waals surface area contributed by atoms with Crippen LogP contribution in [0.5, 0.6) is 0 Å². The zero-order chi connectivity index (χ0) is 15.5. The van der Waals surface area contributed by atoms with E-state index in [2.05, 4.69) is 4.72 Å². The van der Waals surface area contributed by atoms with Gasteiger partial charge < -0.3 is 5.73 Å². The summed E-state index contributed by atoms with van der Waals surface area (Å²) < 4.78 is 39.7. The number of hydrogen-bond acceptors (Lipinski definition) is 4. The number of rotatable bonds is 5. The van der Waals surface area contributed by atoms with E-state index in [1.54, 1.807) is 0 Å². The summed E-state index contributed by atoms with van der Waals surface area (Å²) in [6, 6.07) is 4.51. The van der Waals surface area contributed by atoms with Crippen LogP contribution in [-0.4, -0.2) is 44.9 Å². The van der Waals surface area contributed by atoms with Gasteiger partial charge in [0.25, 0.3) is 0 Å². The third kappa shape index (κ3) is 4.48. The Bertz CT molecular complexity index is 596. The van der Waals surface area contributed by atoms with Crippen molar-refractivity contribution in [1.82, 2.24) is 9.62 Å². The van der Waals surface area contributed by atoms with Gasteiger partial charge in [-0.25, -0.2) is 17.5 Å². The van der Waals surface area contributed by atoms with E-state index in [9.17, 15) is 17.6 Å². The predicted octanol–water partition coefficient (Wildman–Crippen LogP) is 0.0537. The van der Waals surface area contributed by atoms with Gasteiger partial charge in [-0.3, -0.25) is 9.69 Å². The lowest BCUT2D eigenvalue weighted by Gasteiger charge is -2.31. The van der Waals surface area contributed by atoms with Gasteiger partial charge in [-0.2, -0.15) is 0 Å². The number of hydrogen-bond donors (Lipinski definition) is 2. The molecule has 1 aliphatic rings. The van der Waals surface area contributed by atoms with Crippen LogP contribution in [0, 0.1) is 5.82 Å². The molecule has 0 spiro atoms. The average Bonchev–Trinajstić information content (AvgIpc) is 2.40. The molecule has 0 bridgehead atoms. The molecule has 0 aromatic heterocycles. The molecule has 0 radical (unpaired) electrons. The second-order valence-electron chi connectivity index (χ2n) is 5.09. The van der Waals surface area contributed by atoms with Gasteiger partial charge in [0.05, 0.1) is 11.4 Å². The molecule has 1 amide bonds. The van der Waals surface area contributed by atoms with Crippen LogP contribution in [-0.2, 0) is 14.8 Å². The van der Waals surface area contributed by atoms with E-state index in [1.807, 2.05) is 4.90 Å². The Kier molecular flexibility index (Phi) is 4.92. The van der Waals surface area contributed by atoms with Crippen LogP contribution in [0.4, 0.5) is 4.39 Å². The monoisotopic (exact) mass is 315 g/mol. The van der Waals surface area contributed by atoms with Crippen LogP contribution in [0.25, 0.3) is 0 Å². The maximum atomic E-state index is 12.8. The first-order valence-corrected chi connectivity index (χ1v) is 8.14. The first-order valence-electron chi connectivity index (χ1n) is 6.65. The molecule has 6 nitrogen and oxygen atoms in total. The van der Waals surface area contributed by atoms with Crippen molar-refractivity contribution in [3.8, 4) is 0 Å². The maximum Gasteiger partial charge on any atom is 0.240 e. The lowest BCUT2D eigenvalue weighted by molar-refractivity contribution is -0.119. The molecule has 1 heterocycles. The van der Waals surface area contributed by atoms with E-state index in [0.29, 0.717) is 25.9 Å². The first-order chi connectivity index (χ1) is 9.87. The van der Waals surface area contributed by atoms with Gasteiger partial charge in [0.2, 0.25) is 15.9 Å². The van der Waals surface area contributed by atoms with Crippen molar-refractivity contribution in [1.29, 1.82) is 0 Å². The Balaban J connectivity index is 1.93. The highest BCUT2D eigenvalue weighted by atomic mass is 32.2. The van der Waals surface area contributed by atoms with Crippen molar-refractivity contribution in [2.24, 2.45) is 5.73 Å². The Morgan fingerprint density at radius 3 is 2.38 bits per heavy atom. The molecule has 8 heteroatoms. The van der Waals surface area contributed by atoms with Gasteiger partial charge in [0.15, 0.2) is 0 Å². The van der Waals surface area contributed by atoms with Crippen molar-refractivity contribution in [3.05, 3.63) is 30.1 Å². The van der Waals surface area contributed by atoms with Crippen LogP contribution < -0.4 is 10.5 Å². The molecule has 21 heavy (non-hydrogen) atoms. The van der Waals surface area contributed by atoms with Gasteiger partial charge in [-0.15, -0.1) is 0 Å². The molecule has 1 aromatic rings. The van der Waals surface area contributed by atoms with Gasteiger partial charge in [0, 0.05) is 19.1 Å². The summed E-state index contributed by atoms with van der Waals surface area (Å²) in [6.45, 7) is 1.41. The molecule has 3 N–H and O–H groups in total. The van der Waals surface area contributed by atoms with Gasteiger partial charge in [-0.1, -0.05) is 0 Å². The van der Waals surface area contributed by atoms with E-state index in [1.165, 1.54) is 12.1 Å². The number of benzene rings is 1. The van der Waals surface area contributed by atoms with E-state index in [4.69, 9.17) is 5.73 Å². The molecule has 0 atom stereocenters. The summed E-state index contributed by atoms with van der Waals surface area (Å²) >= 11 is 0. The third-order valence-corrected chi connectivity index (χ3v) is 4.95. The zero-order valence-electron chi connectivity index (χ0n) is 11.5. The van der Waals surface area contributed by atoms with Crippen LogP contribution >= 0.6 is 0 Å². The highest BCUT2D eigenvalue weighted by molar-refractivity contribution is 7.89. The number of amides is 1. The Morgan fingerprint density at radius 2 is 1.86 bits per heavy atom. The van der Waals surface area contributed by atoms with Crippen LogP contribution in [0.3, 0.4) is 0 Å². The number of likely N-dealkylation sites (tertiary alicyclic amines) is 1. The minimum Gasteiger partial charge on any atom is -0.369 e. The largest absolute Gasteiger partial charge is 0.369 e. The second-order valence-corrected chi connectivity index (χ2v) is 6.81. The summed E-state index contributed by atoms with van der Waals surface area (Å²) in [7, 11) is -3.64. The zero-order valence-corrected chi connectivity index (χ0v) is 12.3. The minimum absolute atomic E-state index is 0.0449. The van der Waals surface area contributed by atoms with Crippen molar-refractivity contribution >= 4 is 15.9 Å². The third-order valence-electron chi connectivity index (χ3n) is 3.41. The number of primary amides is 1. The quantitative estimate of drug-likeness (QED) is 0.803. The van der Waals surface area contributed by atoms with Crippen molar-refractivity contribution < 1.29 is 17.6 Å². The highest BCUT2D eigenvalue weighted by Crippen LogP contribution is 2.15. The average molecular weight is 315 g/mol. The number of carbonyl (C=O) groups is 1. The maximum absolute atomic E-state index is 12.8. The van der Waals surface area contributed by atoms with Gasteiger partial charge in [0.1, 0.15) is 5.82 Å². The van der Waals surface area contributed by atoms with E-state index in [-0.39, 0.29) is 23.4 Å². The predicted molar refractivity (Wildman–Crippen MR) is 75.4 cm³/mol. The molecular formula is C13H18FN3O3S. The smallest absolute Gasteiger partial charge is 0.240 e. The summed E-state index contributed by atoms with van der Waals surface area (Å²) in [5.41, 5.74) is 5.13. The highest BCUT2D eigenvalue weighted by Gasteiger charge is 2.25. The summed E-state index contributed by atoms with van der Waals surface area (Å²) in [4.78, 5) is 12.8. The second kappa shape index (κ2) is 6.50. The van der Waals surface area contributed by atoms with Crippen molar-refractivity contribution in [2.45, 2.75) is 23.8 Å². The molecular weight excluding hydrogens is 297 g/mol. The number of halogens is 1. The molecule has 116 valence electrons. The fourth-order valence-electron chi connectivity index (χ4n) is 2.33. The van der Waals surface area contributed by atoms with Crippen LogP contribution in [0.1, 0.15) is 12.8 Å². The minimum atomic E-state index is -3.64. The van der Waals surface area contributed by atoms with Crippen LogP contribution in [0.15, 0.2) is 29.2 Å². The Labute approximate surface area is 123 Å². The topological polar surface area (TPSA) is 92.5 Å². The lowest BCUT2D eigenvalue weighted by atomic mass is 10.1. The number of sulfonamides is 1. The molecule has 2 rings (SSSR count). The summed E-state index contributed by atoms with van der Waals surface area (Å²) in [5, 5.41) is 0. The first kappa shape index (κ1) is 15.9. The van der Waals surface area contributed by atoms with E-state index >= 15 is 0 Å². The number of piperidine rings is 1. The molecule has 1 fully saturated rings. The van der Waals surface area contributed by atoms with Gasteiger partial charge >= 0.3 is 0 Å². The summed E-state index contributed by atoms with van der Waals surface area (Å²) in [5.74, 6) is -0.867. The van der Waals surface area contributed by atoms with Crippen LogP contribution in [0.2, 0.25) is 0 Å². The molecule has 1 aliphatic heterocycles. The normalized spacial score (nSPS) is 17.8. The molecule has 0 saturated carbocycles. The lowest BCUT2D eigenvalue weighted by Crippen LogP contribution is -2.46. The Hall–Kier alpha value is -1.51. The van der Waals surface area contributed by atoms with Crippen molar-refractivity contribution in [3.63, 3.8) is 0 Å². The van der Waals surface area contributed by atoms with Crippen molar-refractivity contribution in [2.75, 3.05) is 19.6 Å². The van der Waals surface area contributed by atoms with E-state index in [0.717, 1.165) is 12.1 Å². The van der Waals surface area contributed by atoms with E-state index < -0.39 is 15.8 Å². The number of nitrogens with two attached hydrogens (primary N) is 1. The molecule has 1 aromatic carbocycles. The number of nitrogens with one attached hydrogen (secondary N) is 1. The summed E-state index contributed by atoms with van der Waals surface area (Å²) in [6.07, 6.45) is 1.21. The number of nitrogens with zero attached hydrogens (tertiary/aromatic N) is 1. The fourth-order valence-corrected chi connectivity index (χ4v) is 3.64. The Morgan fingerprint density at radius 1 is 1.29 bits per heavy atom. The number of carbonyl (C=O) groups excluding carboxylic acids is 1. The molecule has 0 aliphatic carbocycles. The SMILES string of the molecule is NC(=O)CN1CCC(NS(=O)(=O)c2ccc(F)cc2)CC1. The molecule has 1 saturated heterocycles. The standard InChI is InChI=1S/C13H18FN3O3S/c14-10-1-3-12(4-2-10)21(19,20)16-11-5-7-17(8-6-11)9-13(15)18/h1-4,11,16H,5-9H2,(H2,15,18). The fraction of sp³-hybridized carbons (Fsp3) is 0.462. The van der Waals surface area contributed by atoms with Gasteiger partial charge in [-0.05, 0) is 37.1 Å².